The first-order valence-corrected chi connectivity index (χ1v) is 7.42. The van der Waals surface area contributed by atoms with E-state index in [1.807, 2.05) is 7.05 Å². The number of ether oxygens (including phenoxy) is 2. The largest absolute Gasteiger partial charge is 0.493 e. The molecule has 0 saturated carbocycles. The van der Waals surface area contributed by atoms with E-state index in [9.17, 15) is 8.42 Å². The van der Waals surface area contributed by atoms with E-state index < -0.39 is 9.84 Å². The zero-order valence-corrected chi connectivity index (χ0v) is 11.9. The Balaban J connectivity index is 3.36. The smallest absolute Gasteiger partial charge is 0.175 e. The Morgan fingerprint density at radius 1 is 1.17 bits per heavy atom. The Morgan fingerprint density at radius 2 is 1.72 bits per heavy atom. The summed E-state index contributed by atoms with van der Waals surface area (Å²) in [6, 6.07) is 3.23. The van der Waals surface area contributed by atoms with Gasteiger partial charge in [-0.05, 0) is 31.6 Å². The number of likely N-dealkylation sites (N-methyl/N-ethyl adjacent to an activating group) is 1. The van der Waals surface area contributed by atoms with Crippen molar-refractivity contribution < 1.29 is 17.9 Å². The molecule has 0 atom stereocenters. The van der Waals surface area contributed by atoms with Gasteiger partial charge in [0.05, 0.1) is 19.1 Å². The molecule has 1 N–H and O–H groups in total. The molecular formula is C12H19NO4S. The number of methoxy groups -OCH3 is 2. The molecule has 1 aromatic carbocycles. The normalized spacial score (nSPS) is 11.3. The van der Waals surface area contributed by atoms with E-state index in [0.29, 0.717) is 24.5 Å². The fourth-order valence-electron chi connectivity index (χ4n) is 1.70. The maximum Gasteiger partial charge on any atom is 0.175 e. The molecule has 1 rings (SSSR count). The molecule has 0 amide bonds. The minimum Gasteiger partial charge on any atom is -0.493 e. The maximum absolute atomic E-state index is 11.8. The summed E-state index contributed by atoms with van der Waals surface area (Å²) in [5.41, 5.74) is 0.726. The molecule has 0 spiro atoms. The Bertz CT molecular complexity index is 511. The average Bonchev–Trinajstić information content (AvgIpc) is 2.33. The van der Waals surface area contributed by atoms with Gasteiger partial charge in [0.25, 0.3) is 0 Å². The summed E-state index contributed by atoms with van der Waals surface area (Å²) >= 11 is 0. The van der Waals surface area contributed by atoms with Crippen LogP contribution in [-0.4, -0.2) is 42.5 Å². The molecule has 0 aliphatic heterocycles. The number of hydrogen-bond donors (Lipinski definition) is 1. The maximum atomic E-state index is 11.8. The number of nitrogens with one attached hydrogen (secondary N) is 1. The molecule has 0 radical (unpaired) electrons. The summed E-state index contributed by atoms with van der Waals surface area (Å²) in [6.45, 7) is 0.692. The lowest BCUT2D eigenvalue weighted by Crippen LogP contribution is -2.13. The van der Waals surface area contributed by atoms with Crippen LogP contribution in [0.25, 0.3) is 0 Å². The highest BCUT2D eigenvalue weighted by molar-refractivity contribution is 7.90. The van der Waals surface area contributed by atoms with Crippen LogP contribution in [0.5, 0.6) is 11.5 Å². The highest BCUT2D eigenvalue weighted by atomic mass is 32.2. The quantitative estimate of drug-likeness (QED) is 0.833. The fourth-order valence-corrected chi connectivity index (χ4v) is 2.66. The van der Waals surface area contributed by atoms with Gasteiger partial charge in [-0.2, -0.15) is 0 Å². The highest BCUT2D eigenvalue weighted by Crippen LogP contribution is 2.32. The summed E-state index contributed by atoms with van der Waals surface area (Å²) in [7, 11) is 1.55. The Kier molecular flexibility index (Phi) is 4.98. The van der Waals surface area contributed by atoms with Crippen LogP contribution in [0, 0.1) is 0 Å². The predicted octanol–water partition coefficient (Wildman–Crippen LogP) is 0.869. The molecule has 0 fully saturated rings. The van der Waals surface area contributed by atoms with Gasteiger partial charge < -0.3 is 14.8 Å². The average molecular weight is 273 g/mol. The van der Waals surface area contributed by atoms with E-state index >= 15 is 0 Å². The summed E-state index contributed by atoms with van der Waals surface area (Å²) < 4.78 is 33.8. The van der Waals surface area contributed by atoms with Crippen LogP contribution in [0.2, 0.25) is 0 Å². The third kappa shape index (κ3) is 3.36. The molecule has 0 unspecified atom stereocenters. The van der Waals surface area contributed by atoms with Crippen molar-refractivity contribution in [3.8, 4) is 11.5 Å². The lowest BCUT2D eigenvalue weighted by Gasteiger charge is -2.13. The summed E-state index contributed by atoms with van der Waals surface area (Å²) in [5.74, 6) is 0.960. The SMILES string of the molecule is CNCCc1cc(OC)c(OC)cc1S(C)(=O)=O. The first-order chi connectivity index (χ1) is 8.43. The van der Waals surface area contributed by atoms with E-state index in [4.69, 9.17) is 9.47 Å². The van der Waals surface area contributed by atoms with E-state index in [1.165, 1.54) is 26.5 Å². The molecular weight excluding hydrogens is 254 g/mol. The third-order valence-corrected chi connectivity index (χ3v) is 3.79. The van der Waals surface area contributed by atoms with Gasteiger partial charge in [-0.1, -0.05) is 0 Å². The summed E-state index contributed by atoms with van der Waals surface area (Å²) in [5, 5.41) is 2.99. The zero-order chi connectivity index (χ0) is 13.8. The van der Waals surface area contributed by atoms with Gasteiger partial charge in [-0.3, -0.25) is 0 Å². The molecule has 1 aromatic rings. The molecule has 6 heteroatoms. The zero-order valence-electron chi connectivity index (χ0n) is 11.1. The molecule has 0 saturated heterocycles. The van der Waals surface area contributed by atoms with E-state index in [-0.39, 0.29) is 4.90 Å². The van der Waals surface area contributed by atoms with Crippen LogP contribution in [-0.2, 0) is 16.3 Å². The van der Waals surface area contributed by atoms with Gasteiger partial charge >= 0.3 is 0 Å². The van der Waals surface area contributed by atoms with Gasteiger partial charge in [-0.15, -0.1) is 0 Å². The molecule has 5 nitrogen and oxygen atoms in total. The molecule has 18 heavy (non-hydrogen) atoms. The van der Waals surface area contributed by atoms with Crippen LogP contribution < -0.4 is 14.8 Å². The molecule has 0 aliphatic rings. The second-order valence-corrected chi connectivity index (χ2v) is 5.92. The minimum absolute atomic E-state index is 0.287. The Labute approximate surface area is 108 Å². The minimum atomic E-state index is -3.28. The van der Waals surface area contributed by atoms with Crippen molar-refractivity contribution in [2.24, 2.45) is 0 Å². The van der Waals surface area contributed by atoms with Crippen molar-refractivity contribution in [2.45, 2.75) is 11.3 Å². The predicted molar refractivity (Wildman–Crippen MR) is 70.3 cm³/mol. The number of hydrogen-bond acceptors (Lipinski definition) is 5. The first-order valence-electron chi connectivity index (χ1n) is 5.53. The standard InChI is InChI=1S/C12H19NO4S/c1-13-6-5-9-7-10(16-2)11(17-3)8-12(9)18(4,14)15/h7-8,13H,5-6H2,1-4H3. The number of benzene rings is 1. The van der Waals surface area contributed by atoms with Crippen LogP contribution in [0.3, 0.4) is 0 Å². The van der Waals surface area contributed by atoms with Crippen molar-refractivity contribution in [2.75, 3.05) is 34.1 Å². The molecule has 0 heterocycles. The van der Waals surface area contributed by atoms with Crippen LogP contribution >= 0.6 is 0 Å². The van der Waals surface area contributed by atoms with E-state index in [2.05, 4.69) is 5.32 Å². The lowest BCUT2D eigenvalue weighted by atomic mass is 10.1. The van der Waals surface area contributed by atoms with Crippen molar-refractivity contribution >= 4 is 9.84 Å². The van der Waals surface area contributed by atoms with Gasteiger partial charge in [0.1, 0.15) is 0 Å². The van der Waals surface area contributed by atoms with Crippen LogP contribution in [0.15, 0.2) is 17.0 Å². The second kappa shape index (κ2) is 6.06. The Morgan fingerprint density at radius 3 is 2.17 bits per heavy atom. The van der Waals surface area contributed by atoms with Crippen LogP contribution in [0.4, 0.5) is 0 Å². The second-order valence-electron chi connectivity index (χ2n) is 3.94. The summed E-state index contributed by atoms with van der Waals surface area (Å²) in [4.78, 5) is 0.287. The molecule has 0 aliphatic carbocycles. The van der Waals surface area contributed by atoms with Crippen molar-refractivity contribution in [1.82, 2.24) is 5.32 Å². The summed E-state index contributed by atoms with van der Waals surface area (Å²) in [6.07, 6.45) is 1.80. The van der Waals surface area contributed by atoms with Crippen molar-refractivity contribution in [3.05, 3.63) is 17.7 Å². The van der Waals surface area contributed by atoms with Gasteiger partial charge in [0, 0.05) is 12.3 Å². The molecule has 0 aromatic heterocycles. The van der Waals surface area contributed by atoms with Crippen molar-refractivity contribution in [3.63, 3.8) is 0 Å². The monoisotopic (exact) mass is 273 g/mol. The van der Waals surface area contributed by atoms with E-state index in [0.717, 1.165) is 5.56 Å². The Hall–Kier alpha value is -1.27. The van der Waals surface area contributed by atoms with Gasteiger partial charge in [-0.25, -0.2) is 8.42 Å². The van der Waals surface area contributed by atoms with Crippen molar-refractivity contribution in [1.29, 1.82) is 0 Å². The third-order valence-electron chi connectivity index (χ3n) is 2.61. The first kappa shape index (κ1) is 14.8. The van der Waals surface area contributed by atoms with Crippen LogP contribution in [0.1, 0.15) is 5.56 Å². The van der Waals surface area contributed by atoms with E-state index in [1.54, 1.807) is 6.07 Å². The topological polar surface area (TPSA) is 64.6 Å². The molecule has 102 valence electrons. The van der Waals surface area contributed by atoms with Gasteiger partial charge in [0.2, 0.25) is 0 Å². The molecule has 0 bridgehead atoms. The number of sulfone groups is 1. The number of rotatable bonds is 6. The highest BCUT2D eigenvalue weighted by Gasteiger charge is 2.17. The fraction of sp³-hybridized carbons (Fsp3) is 0.500. The lowest BCUT2D eigenvalue weighted by molar-refractivity contribution is 0.353. The van der Waals surface area contributed by atoms with Gasteiger partial charge in [0.15, 0.2) is 21.3 Å².